The van der Waals surface area contributed by atoms with Crippen LogP contribution < -0.4 is 15.4 Å². The maximum absolute atomic E-state index is 12.2. The smallest absolute Gasteiger partial charge is 0.419 e. The number of fused-ring (bicyclic) bond motifs is 1. The molecule has 0 radical (unpaired) electrons. The number of hydrogen-bond acceptors (Lipinski definition) is 6. The molecule has 1 aromatic heterocycles. The lowest BCUT2D eigenvalue weighted by Crippen LogP contribution is -2.26. The second-order valence-corrected chi connectivity index (χ2v) is 6.80. The number of benzene rings is 2. The minimum absolute atomic E-state index is 0.0246. The van der Waals surface area contributed by atoms with E-state index in [1.165, 1.54) is 29.8 Å². The first-order valence-corrected chi connectivity index (χ1v) is 8.87. The Balaban J connectivity index is 1.59. The van der Waals surface area contributed by atoms with Gasteiger partial charge in [0.2, 0.25) is 0 Å². The van der Waals surface area contributed by atoms with Gasteiger partial charge in [-0.1, -0.05) is 23.1 Å². The van der Waals surface area contributed by atoms with Crippen molar-refractivity contribution in [3.05, 3.63) is 59.1 Å². The second-order valence-electron chi connectivity index (χ2n) is 5.15. The summed E-state index contributed by atoms with van der Waals surface area (Å²) in [5.41, 5.74) is 0.684. The van der Waals surface area contributed by atoms with Crippen molar-refractivity contribution in [1.29, 1.82) is 0 Å². The predicted octanol–water partition coefficient (Wildman–Crippen LogP) is 1.42. The van der Waals surface area contributed by atoms with Crippen LogP contribution in [0.25, 0.3) is 11.1 Å². The molecule has 0 aliphatic carbocycles. The number of hydrogen-bond donors (Lipinski definition) is 1. The monoisotopic (exact) mass is 364 g/mol. The van der Waals surface area contributed by atoms with Gasteiger partial charge in [0.25, 0.3) is 10.0 Å². The van der Waals surface area contributed by atoms with E-state index in [0.29, 0.717) is 11.3 Å². The zero-order valence-electron chi connectivity index (χ0n) is 13.3. The van der Waals surface area contributed by atoms with Crippen LogP contribution in [0.5, 0.6) is 5.75 Å². The van der Waals surface area contributed by atoms with E-state index in [2.05, 4.69) is 0 Å². The zero-order chi connectivity index (χ0) is 17.9. The van der Waals surface area contributed by atoms with Gasteiger partial charge in [-0.3, -0.25) is 9.40 Å². The average Bonchev–Trinajstić information content (AvgIpc) is 2.89. The predicted molar refractivity (Wildman–Crippen MR) is 89.7 cm³/mol. The van der Waals surface area contributed by atoms with Crippen molar-refractivity contribution in [2.75, 3.05) is 13.2 Å². The Morgan fingerprint density at radius 1 is 1.12 bits per heavy atom. The Morgan fingerprint density at radius 2 is 1.88 bits per heavy atom. The van der Waals surface area contributed by atoms with Crippen molar-refractivity contribution in [3.8, 4) is 5.75 Å². The molecule has 3 rings (SSSR count). The van der Waals surface area contributed by atoms with Gasteiger partial charge in [-0.05, 0) is 24.3 Å². The van der Waals surface area contributed by atoms with Crippen molar-refractivity contribution in [2.45, 2.75) is 4.90 Å². The number of oxazole rings is 1. The van der Waals surface area contributed by atoms with E-state index in [1.54, 1.807) is 12.1 Å². The molecule has 1 heterocycles. The highest BCUT2D eigenvalue weighted by Gasteiger charge is 2.17. The van der Waals surface area contributed by atoms with E-state index in [-0.39, 0.29) is 23.7 Å². The van der Waals surface area contributed by atoms with E-state index < -0.39 is 15.8 Å². The molecule has 1 N–H and O–H groups in total. The average molecular weight is 364 g/mol. The van der Waals surface area contributed by atoms with Crippen molar-refractivity contribution in [2.24, 2.45) is 7.05 Å². The number of sulfonamides is 1. The lowest BCUT2D eigenvalue weighted by atomic mass is 10.3. The van der Waals surface area contributed by atoms with Gasteiger partial charge in [-0.25, -0.2) is 13.2 Å². The largest absolute Gasteiger partial charge is 0.491 e. The van der Waals surface area contributed by atoms with Gasteiger partial charge < -0.3 is 9.15 Å². The minimum atomic E-state index is -3.90. The van der Waals surface area contributed by atoms with E-state index in [9.17, 15) is 13.2 Å². The summed E-state index contributed by atoms with van der Waals surface area (Å²) >= 11 is 0. The molecule has 132 valence electrons. The fraction of sp³-hybridized carbons (Fsp3) is 0.188. The van der Waals surface area contributed by atoms with Gasteiger partial charge in [0.1, 0.15) is 19.0 Å². The van der Waals surface area contributed by atoms with Crippen molar-refractivity contribution in [3.63, 3.8) is 0 Å². The third-order valence-corrected chi connectivity index (χ3v) is 4.65. The Hall–Kier alpha value is -2.62. The fourth-order valence-electron chi connectivity index (χ4n) is 2.17. The summed E-state index contributed by atoms with van der Waals surface area (Å²) in [6, 6.07) is 13.2. The van der Waals surface area contributed by atoms with Gasteiger partial charge in [0.05, 0.1) is 10.4 Å². The summed E-state index contributed by atoms with van der Waals surface area (Å²) in [5.74, 6) is 0.102. The van der Waals surface area contributed by atoms with Crippen LogP contribution >= 0.6 is 0 Å². The zero-order valence-corrected chi connectivity index (χ0v) is 14.2. The molecule has 0 aliphatic heterocycles. The molecular formula is C16H16N2O6S. The van der Waals surface area contributed by atoms with E-state index in [1.807, 2.05) is 23.1 Å². The number of nitrogens with one attached hydrogen (secondary N) is 1. The third-order valence-electron chi connectivity index (χ3n) is 3.44. The minimum Gasteiger partial charge on any atom is -0.491 e. The van der Waals surface area contributed by atoms with Gasteiger partial charge >= 0.3 is 5.76 Å². The molecule has 8 nitrogen and oxygen atoms in total. The summed E-state index contributed by atoms with van der Waals surface area (Å²) in [7, 11) is -2.36. The first kappa shape index (κ1) is 17.2. The molecule has 0 saturated carbocycles. The SMILES string of the molecule is Cn1c(=O)oc2cc(S(=O)(=O)NOCCOc3ccccc3)ccc21. The quantitative estimate of drug-likeness (QED) is 0.503. The van der Waals surface area contributed by atoms with Crippen molar-refractivity contribution < 1.29 is 22.4 Å². The maximum Gasteiger partial charge on any atom is 0.419 e. The molecule has 9 heteroatoms. The van der Waals surface area contributed by atoms with Crippen LogP contribution in [-0.2, 0) is 21.9 Å². The summed E-state index contributed by atoms with van der Waals surface area (Å²) in [6.07, 6.45) is 0. The number of nitrogens with zero attached hydrogens (tertiary/aromatic N) is 1. The van der Waals surface area contributed by atoms with E-state index in [4.69, 9.17) is 14.0 Å². The number of ether oxygens (including phenoxy) is 1. The molecule has 25 heavy (non-hydrogen) atoms. The first-order valence-electron chi connectivity index (χ1n) is 7.38. The summed E-state index contributed by atoms with van der Waals surface area (Å²) in [6.45, 7) is 0.204. The molecule has 2 aromatic carbocycles. The molecule has 3 aromatic rings. The number of aromatic nitrogens is 1. The van der Waals surface area contributed by atoms with Crippen molar-refractivity contribution >= 4 is 21.1 Å². The summed E-state index contributed by atoms with van der Waals surface area (Å²) in [5, 5.41) is 0. The van der Waals surface area contributed by atoms with E-state index >= 15 is 0 Å². The van der Waals surface area contributed by atoms with E-state index in [0.717, 1.165) is 0 Å². The standard InChI is InChI=1S/C16H16N2O6S/c1-18-14-8-7-13(11-15(14)24-16(18)19)25(20,21)17-23-10-9-22-12-5-3-2-4-6-12/h2-8,11,17H,9-10H2,1H3. The second kappa shape index (κ2) is 7.09. The molecule has 0 saturated heterocycles. The maximum atomic E-state index is 12.2. The van der Waals surface area contributed by atoms with Crippen LogP contribution in [0, 0.1) is 0 Å². The highest BCUT2D eigenvalue weighted by molar-refractivity contribution is 7.89. The highest BCUT2D eigenvalue weighted by Crippen LogP contribution is 2.17. The van der Waals surface area contributed by atoms with Crippen LogP contribution in [0.15, 0.2) is 62.6 Å². The summed E-state index contributed by atoms with van der Waals surface area (Å²) < 4.78 is 36.1. The van der Waals surface area contributed by atoms with Crippen molar-refractivity contribution in [1.82, 2.24) is 9.45 Å². The first-order chi connectivity index (χ1) is 12.0. The Morgan fingerprint density at radius 3 is 2.64 bits per heavy atom. The van der Waals surface area contributed by atoms with Crippen LogP contribution in [0.3, 0.4) is 0 Å². The molecule has 0 aliphatic rings. The Bertz CT molecular complexity index is 1020. The normalized spacial score (nSPS) is 11.7. The summed E-state index contributed by atoms with van der Waals surface area (Å²) in [4.78, 5) is 18.4. The lowest BCUT2D eigenvalue weighted by Gasteiger charge is -2.08. The lowest BCUT2D eigenvalue weighted by molar-refractivity contribution is 0.0665. The molecule has 0 atom stereocenters. The van der Waals surface area contributed by atoms with Crippen LogP contribution in [-0.4, -0.2) is 26.2 Å². The number of para-hydroxylation sites is 1. The Kier molecular flexibility index (Phi) is 4.88. The molecule has 0 fully saturated rings. The van der Waals surface area contributed by atoms with Gasteiger partial charge in [-0.15, -0.1) is 0 Å². The molecule has 0 unspecified atom stereocenters. The fourth-order valence-corrected chi connectivity index (χ4v) is 3.01. The molecule has 0 amide bonds. The van der Waals surface area contributed by atoms with Gasteiger partial charge in [0, 0.05) is 13.1 Å². The Labute approximate surface area is 143 Å². The topological polar surface area (TPSA) is 99.8 Å². The number of aryl methyl sites for hydroxylation is 1. The molecule has 0 bridgehead atoms. The molecular weight excluding hydrogens is 348 g/mol. The van der Waals surface area contributed by atoms with Crippen LogP contribution in [0.1, 0.15) is 0 Å². The van der Waals surface area contributed by atoms with Crippen LogP contribution in [0.4, 0.5) is 0 Å². The number of rotatable bonds is 7. The van der Waals surface area contributed by atoms with Crippen LogP contribution in [0.2, 0.25) is 0 Å². The van der Waals surface area contributed by atoms with Gasteiger partial charge in [0.15, 0.2) is 5.58 Å². The third kappa shape index (κ3) is 3.90. The molecule has 0 spiro atoms. The van der Waals surface area contributed by atoms with Gasteiger partial charge in [-0.2, -0.15) is 0 Å². The highest BCUT2D eigenvalue weighted by atomic mass is 32.2.